The zero-order valence-corrected chi connectivity index (χ0v) is 10.8. The van der Waals surface area contributed by atoms with Gasteiger partial charge in [0.1, 0.15) is 6.07 Å². The van der Waals surface area contributed by atoms with Crippen molar-refractivity contribution in [2.75, 3.05) is 5.88 Å². The summed E-state index contributed by atoms with van der Waals surface area (Å²) in [5.74, 6) is 0.585. The van der Waals surface area contributed by atoms with Crippen LogP contribution in [0.2, 0.25) is 0 Å². The number of alkyl halides is 1. The van der Waals surface area contributed by atoms with E-state index in [0.717, 1.165) is 9.37 Å². The Morgan fingerprint density at radius 3 is 2.93 bits per heavy atom. The number of rotatable bonds is 3. The molecule has 14 heavy (non-hydrogen) atoms. The average molecular weight is 291 g/mol. The van der Waals surface area contributed by atoms with Gasteiger partial charge < -0.3 is 0 Å². The molecule has 0 aliphatic carbocycles. The van der Waals surface area contributed by atoms with E-state index >= 15 is 0 Å². The number of benzene rings is 1. The molecule has 0 fully saturated rings. The van der Waals surface area contributed by atoms with Gasteiger partial charge in [-0.1, -0.05) is 22.9 Å². The second kappa shape index (κ2) is 5.65. The quantitative estimate of drug-likeness (QED) is 0.619. The molecule has 1 unspecified atom stereocenters. The van der Waals surface area contributed by atoms with Gasteiger partial charge in [-0.25, -0.2) is 0 Å². The Morgan fingerprint density at radius 1 is 1.64 bits per heavy atom. The minimum atomic E-state index is 0.318. The molecule has 1 aromatic carbocycles. The van der Waals surface area contributed by atoms with Crippen LogP contribution in [0.15, 0.2) is 27.6 Å². The van der Waals surface area contributed by atoms with Crippen LogP contribution < -0.4 is 0 Å². The predicted octanol–water partition coefficient (Wildman–Crippen LogP) is 4.04. The number of hydrogen-bond acceptors (Lipinski definition) is 2. The maximum absolute atomic E-state index is 8.88. The van der Waals surface area contributed by atoms with Crippen molar-refractivity contribution in [2.45, 2.75) is 17.1 Å². The van der Waals surface area contributed by atoms with Crippen LogP contribution in [0.3, 0.4) is 0 Å². The second-order valence-corrected chi connectivity index (χ2v) is 5.54. The molecule has 0 N–H and O–H groups in total. The summed E-state index contributed by atoms with van der Waals surface area (Å²) in [7, 11) is 0. The lowest BCUT2D eigenvalue weighted by molar-refractivity contribution is 1.12. The van der Waals surface area contributed by atoms with E-state index in [1.165, 1.54) is 0 Å². The summed E-state index contributed by atoms with van der Waals surface area (Å²) < 4.78 is 0.987. The molecule has 0 amide bonds. The largest absolute Gasteiger partial charge is 0.192 e. The van der Waals surface area contributed by atoms with Crippen molar-refractivity contribution in [1.82, 2.24) is 0 Å². The standard InChI is InChI=1S/C10H9BrClNS/c1-7(5-12)14-10-4-9(11)3-2-8(10)6-13/h2-4,7H,5H2,1H3. The van der Waals surface area contributed by atoms with E-state index in [1.54, 1.807) is 11.8 Å². The number of halogens is 2. The van der Waals surface area contributed by atoms with Crippen molar-refractivity contribution in [3.63, 3.8) is 0 Å². The molecule has 1 atom stereocenters. The third kappa shape index (κ3) is 3.20. The molecule has 0 aromatic heterocycles. The lowest BCUT2D eigenvalue weighted by Crippen LogP contribution is -1.97. The molecule has 0 radical (unpaired) electrons. The fourth-order valence-corrected chi connectivity index (χ4v) is 2.57. The van der Waals surface area contributed by atoms with Crippen LogP contribution in [-0.2, 0) is 0 Å². The third-order valence-corrected chi connectivity index (χ3v) is 3.91. The summed E-state index contributed by atoms with van der Waals surface area (Å²) in [6.45, 7) is 2.04. The lowest BCUT2D eigenvalue weighted by atomic mass is 10.2. The predicted molar refractivity (Wildman–Crippen MR) is 64.9 cm³/mol. The fraction of sp³-hybridized carbons (Fsp3) is 0.300. The summed E-state index contributed by atoms with van der Waals surface area (Å²) in [5, 5.41) is 9.20. The van der Waals surface area contributed by atoms with Crippen LogP contribution in [0, 0.1) is 11.3 Å². The zero-order chi connectivity index (χ0) is 10.6. The van der Waals surface area contributed by atoms with Gasteiger partial charge in [-0.15, -0.1) is 23.4 Å². The first-order valence-electron chi connectivity index (χ1n) is 4.09. The molecule has 1 aromatic rings. The van der Waals surface area contributed by atoms with Crippen LogP contribution >= 0.6 is 39.3 Å². The highest BCUT2D eigenvalue weighted by Crippen LogP contribution is 2.29. The van der Waals surface area contributed by atoms with Gasteiger partial charge >= 0.3 is 0 Å². The first-order valence-corrected chi connectivity index (χ1v) is 6.30. The molecule has 0 spiro atoms. The van der Waals surface area contributed by atoms with Crippen molar-refractivity contribution >= 4 is 39.3 Å². The molecule has 0 heterocycles. The summed E-state index contributed by atoms with van der Waals surface area (Å²) in [6, 6.07) is 7.80. The minimum absolute atomic E-state index is 0.318. The van der Waals surface area contributed by atoms with Crippen molar-refractivity contribution in [3.8, 4) is 6.07 Å². The van der Waals surface area contributed by atoms with Gasteiger partial charge in [0.15, 0.2) is 0 Å². The van der Waals surface area contributed by atoms with Crippen LogP contribution in [0.5, 0.6) is 0 Å². The molecule has 74 valence electrons. The number of nitriles is 1. The Bertz CT molecular complexity index is 362. The van der Waals surface area contributed by atoms with Crippen LogP contribution in [0.1, 0.15) is 12.5 Å². The molecular formula is C10H9BrClNS. The Morgan fingerprint density at radius 2 is 2.36 bits per heavy atom. The van der Waals surface area contributed by atoms with E-state index in [4.69, 9.17) is 16.9 Å². The van der Waals surface area contributed by atoms with Crippen molar-refractivity contribution in [1.29, 1.82) is 5.26 Å². The van der Waals surface area contributed by atoms with Crippen molar-refractivity contribution < 1.29 is 0 Å². The molecular weight excluding hydrogens is 282 g/mol. The summed E-state index contributed by atoms with van der Waals surface area (Å²) >= 11 is 10.7. The van der Waals surface area contributed by atoms with Crippen LogP contribution in [0.4, 0.5) is 0 Å². The van der Waals surface area contributed by atoms with Crippen molar-refractivity contribution in [3.05, 3.63) is 28.2 Å². The summed E-state index contributed by atoms with van der Waals surface area (Å²) in [6.07, 6.45) is 0. The van der Waals surface area contributed by atoms with Crippen molar-refractivity contribution in [2.24, 2.45) is 0 Å². The Balaban J connectivity index is 2.94. The van der Waals surface area contributed by atoms with Crippen LogP contribution in [0.25, 0.3) is 0 Å². The molecule has 1 rings (SSSR count). The highest BCUT2D eigenvalue weighted by atomic mass is 79.9. The monoisotopic (exact) mass is 289 g/mol. The number of nitrogens with zero attached hydrogens (tertiary/aromatic N) is 1. The van der Waals surface area contributed by atoms with Gasteiger partial charge in [0.2, 0.25) is 0 Å². The minimum Gasteiger partial charge on any atom is -0.192 e. The normalized spacial score (nSPS) is 12.1. The van der Waals surface area contributed by atoms with E-state index in [1.807, 2.05) is 25.1 Å². The Hall–Kier alpha value is -0.170. The molecule has 0 saturated carbocycles. The van der Waals surface area contributed by atoms with E-state index in [9.17, 15) is 0 Å². The first-order chi connectivity index (χ1) is 6.67. The maximum Gasteiger partial charge on any atom is 0.100 e. The van der Waals surface area contributed by atoms with Crippen LogP contribution in [-0.4, -0.2) is 11.1 Å². The number of thioether (sulfide) groups is 1. The SMILES string of the molecule is CC(CCl)Sc1cc(Br)ccc1C#N. The third-order valence-electron chi connectivity index (χ3n) is 1.61. The van der Waals surface area contributed by atoms with Gasteiger partial charge in [-0.05, 0) is 18.2 Å². The summed E-state index contributed by atoms with van der Waals surface area (Å²) in [4.78, 5) is 0.982. The lowest BCUT2D eigenvalue weighted by Gasteiger charge is -2.08. The Labute approximate surface area is 102 Å². The first kappa shape index (κ1) is 11.9. The smallest absolute Gasteiger partial charge is 0.100 e. The topological polar surface area (TPSA) is 23.8 Å². The zero-order valence-electron chi connectivity index (χ0n) is 7.63. The maximum atomic E-state index is 8.88. The molecule has 0 aliphatic rings. The molecule has 0 saturated heterocycles. The van der Waals surface area contributed by atoms with Gasteiger partial charge in [0.25, 0.3) is 0 Å². The highest BCUT2D eigenvalue weighted by Gasteiger charge is 2.07. The van der Waals surface area contributed by atoms with E-state index < -0.39 is 0 Å². The molecule has 0 aliphatic heterocycles. The fourth-order valence-electron chi connectivity index (χ4n) is 0.934. The van der Waals surface area contributed by atoms with E-state index in [0.29, 0.717) is 16.7 Å². The molecule has 1 nitrogen and oxygen atoms in total. The Kier molecular flexibility index (Phi) is 4.80. The summed E-state index contributed by atoms with van der Waals surface area (Å²) in [5.41, 5.74) is 0.704. The van der Waals surface area contributed by atoms with E-state index in [-0.39, 0.29) is 0 Å². The van der Waals surface area contributed by atoms with Gasteiger partial charge in [0.05, 0.1) is 5.56 Å². The number of hydrogen-bond donors (Lipinski definition) is 0. The average Bonchev–Trinajstić information content (AvgIpc) is 2.18. The highest BCUT2D eigenvalue weighted by molar-refractivity contribution is 9.10. The molecule has 4 heteroatoms. The van der Waals surface area contributed by atoms with Gasteiger partial charge in [-0.2, -0.15) is 5.26 Å². The second-order valence-electron chi connectivity index (χ2n) is 2.84. The van der Waals surface area contributed by atoms with Gasteiger partial charge in [-0.3, -0.25) is 0 Å². The van der Waals surface area contributed by atoms with Gasteiger partial charge in [0, 0.05) is 20.5 Å². The van der Waals surface area contributed by atoms with E-state index in [2.05, 4.69) is 22.0 Å². The molecule has 0 bridgehead atoms.